The molecule has 0 spiro atoms. The van der Waals surface area contributed by atoms with Crippen molar-refractivity contribution in [1.29, 1.82) is 0 Å². The molecule has 0 radical (unpaired) electrons. The summed E-state index contributed by atoms with van der Waals surface area (Å²) in [5.41, 5.74) is 5.27. The molecule has 0 aromatic heterocycles. The molecule has 0 aliphatic heterocycles. The van der Waals surface area contributed by atoms with Crippen LogP contribution in [0.15, 0.2) is 0 Å². The van der Waals surface area contributed by atoms with Crippen molar-refractivity contribution in [3.63, 3.8) is 0 Å². The summed E-state index contributed by atoms with van der Waals surface area (Å²) >= 11 is 0. The highest BCUT2D eigenvalue weighted by atomic mass is 16.4. The quantitative estimate of drug-likeness (QED) is 0.453. The zero-order valence-electron chi connectivity index (χ0n) is 8.93. The number of aliphatic hydroxyl groups is 1. The van der Waals surface area contributed by atoms with Crippen LogP contribution in [0.5, 0.6) is 0 Å². The average Bonchev–Trinajstić information content (AvgIpc) is 2.12. The summed E-state index contributed by atoms with van der Waals surface area (Å²) in [7, 11) is 0. The molecule has 0 aliphatic rings. The predicted octanol–water partition coefficient (Wildman–Crippen LogP) is -1.08. The summed E-state index contributed by atoms with van der Waals surface area (Å²) in [6.45, 7) is 3.33. The highest BCUT2D eigenvalue weighted by molar-refractivity contribution is 5.85. The molecule has 0 bridgehead atoms. The van der Waals surface area contributed by atoms with Gasteiger partial charge in [0.25, 0.3) is 0 Å². The van der Waals surface area contributed by atoms with E-state index >= 15 is 0 Å². The van der Waals surface area contributed by atoms with Gasteiger partial charge in [-0.15, -0.1) is 0 Å². The number of carbonyl (C=O) groups excluding carboxylic acids is 1. The summed E-state index contributed by atoms with van der Waals surface area (Å²) in [6, 6.07) is -1.27. The minimum Gasteiger partial charge on any atom is -0.480 e. The fraction of sp³-hybridized carbons (Fsp3) is 0.778. The molecule has 0 saturated heterocycles. The molecule has 0 fully saturated rings. The molecule has 0 heterocycles. The largest absolute Gasteiger partial charge is 0.480 e. The number of aliphatic hydroxyl groups excluding tert-OH is 1. The Labute approximate surface area is 88.5 Å². The first kappa shape index (κ1) is 13.9. The minimum atomic E-state index is -1.27. The molecule has 88 valence electrons. The molecule has 6 nitrogen and oxygen atoms in total. The summed E-state index contributed by atoms with van der Waals surface area (Å²) in [5, 5.41) is 20.1. The fourth-order valence-electron chi connectivity index (χ4n) is 1.07. The molecule has 0 aromatic carbocycles. The van der Waals surface area contributed by atoms with E-state index in [0.29, 0.717) is 13.0 Å². The van der Waals surface area contributed by atoms with E-state index in [9.17, 15) is 9.59 Å². The number of rotatable bonds is 6. The van der Waals surface area contributed by atoms with Crippen LogP contribution in [0.1, 0.15) is 20.3 Å². The van der Waals surface area contributed by atoms with Gasteiger partial charge in [-0.1, -0.05) is 6.92 Å². The van der Waals surface area contributed by atoms with E-state index in [1.54, 1.807) is 6.92 Å². The molecule has 15 heavy (non-hydrogen) atoms. The van der Waals surface area contributed by atoms with Crippen LogP contribution >= 0.6 is 0 Å². The fourth-order valence-corrected chi connectivity index (χ4v) is 1.07. The van der Waals surface area contributed by atoms with Crippen molar-refractivity contribution in [3.8, 4) is 0 Å². The van der Waals surface area contributed by atoms with Crippen molar-refractivity contribution in [2.75, 3.05) is 6.54 Å². The molecule has 1 amide bonds. The number of amides is 1. The van der Waals surface area contributed by atoms with Crippen molar-refractivity contribution in [2.45, 2.75) is 32.4 Å². The molecule has 1 unspecified atom stereocenters. The van der Waals surface area contributed by atoms with Crippen LogP contribution < -0.4 is 11.1 Å². The lowest BCUT2D eigenvalue weighted by atomic mass is 10.1. The Bertz CT molecular complexity index is 230. The number of carboxylic acid groups (broad SMARTS) is 1. The maximum absolute atomic E-state index is 11.4. The van der Waals surface area contributed by atoms with Gasteiger partial charge in [-0.3, -0.25) is 4.79 Å². The maximum atomic E-state index is 11.4. The normalized spacial score (nSPS) is 16.5. The average molecular weight is 218 g/mol. The van der Waals surface area contributed by atoms with Gasteiger partial charge in [0.2, 0.25) is 5.91 Å². The van der Waals surface area contributed by atoms with Crippen LogP contribution in [0.4, 0.5) is 0 Å². The van der Waals surface area contributed by atoms with Crippen LogP contribution in [0.3, 0.4) is 0 Å². The Kier molecular flexibility index (Phi) is 5.88. The number of carboxylic acids is 1. The van der Waals surface area contributed by atoms with Gasteiger partial charge >= 0.3 is 5.97 Å². The number of hydrogen-bond acceptors (Lipinski definition) is 4. The van der Waals surface area contributed by atoms with Gasteiger partial charge < -0.3 is 21.3 Å². The lowest BCUT2D eigenvalue weighted by molar-refractivity contribution is -0.145. The van der Waals surface area contributed by atoms with Crippen LogP contribution in [0, 0.1) is 5.92 Å². The molecule has 0 saturated carbocycles. The molecule has 0 aliphatic carbocycles. The Morgan fingerprint density at radius 1 is 1.40 bits per heavy atom. The standard InChI is InChI=1S/C9H18N2O4/c1-5(3-4-10)8(13)11-7(6(2)12)9(14)15/h5-7,12H,3-4,10H2,1-2H3,(H,11,13)(H,14,15)/t5?,6-,7+/m1/s1. The minimum absolute atomic E-state index is 0.351. The van der Waals surface area contributed by atoms with Crippen molar-refractivity contribution in [3.05, 3.63) is 0 Å². The smallest absolute Gasteiger partial charge is 0.328 e. The molecule has 3 atom stereocenters. The van der Waals surface area contributed by atoms with Gasteiger partial charge in [-0.2, -0.15) is 0 Å². The van der Waals surface area contributed by atoms with Crippen molar-refractivity contribution in [1.82, 2.24) is 5.32 Å². The zero-order valence-corrected chi connectivity index (χ0v) is 8.93. The van der Waals surface area contributed by atoms with Crippen molar-refractivity contribution >= 4 is 11.9 Å². The molecule has 0 rings (SSSR count). The first-order valence-corrected chi connectivity index (χ1v) is 4.81. The third kappa shape index (κ3) is 4.75. The Hall–Kier alpha value is -1.14. The predicted molar refractivity (Wildman–Crippen MR) is 54.1 cm³/mol. The van der Waals surface area contributed by atoms with Crippen molar-refractivity contribution in [2.24, 2.45) is 11.7 Å². The highest BCUT2D eigenvalue weighted by Crippen LogP contribution is 2.02. The van der Waals surface area contributed by atoms with E-state index in [1.165, 1.54) is 6.92 Å². The number of nitrogens with one attached hydrogen (secondary N) is 1. The summed E-state index contributed by atoms with van der Waals surface area (Å²) in [6.07, 6.45) is -0.644. The molecule has 0 aromatic rings. The third-order valence-corrected chi connectivity index (χ3v) is 2.09. The van der Waals surface area contributed by atoms with Crippen LogP contribution in [0.2, 0.25) is 0 Å². The number of carbonyl (C=O) groups is 2. The van der Waals surface area contributed by atoms with Gasteiger partial charge in [0.15, 0.2) is 6.04 Å². The first-order chi connectivity index (χ1) is 6.90. The lowest BCUT2D eigenvalue weighted by Crippen LogP contribution is -2.49. The molecule has 5 N–H and O–H groups in total. The van der Waals surface area contributed by atoms with E-state index < -0.39 is 24.0 Å². The van der Waals surface area contributed by atoms with Crippen molar-refractivity contribution < 1.29 is 19.8 Å². The van der Waals surface area contributed by atoms with Crippen LogP contribution in [-0.4, -0.2) is 40.8 Å². The van der Waals surface area contributed by atoms with Crippen LogP contribution in [-0.2, 0) is 9.59 Å². The van der Waals surface area contributed by atoms with Gasteiger partial charge in [-0.25, -0.2) is 4.79 Å². The van der Waals surface area contributed by atoms with Crippen LogP contribution in [0.25, 0.3) is 0 Å². The number of aliphatic carboxylic acids is 1. The van der Waals surface area contributed by atoms with Gasteiger partial charge in [0.1, 0.15) is 0 Å². The Balaban J connectivity index is 4.29. The topological polar surface area (TPSA) is 113 Å². The molecular formula is C9H18N2O4. The van der Waals surface area contributed by atoms with Gasteiger partial charge in [-0.05, 0) is 19.9 Å². The Morgan fingerprint density at radius 2 is 1.93 bits per heavy atom. The maximum Gasteiger partial charge on any atom is 0.328 e. The highest BCUT2D eigenvalue weighted by Gasteiger charge is 2.26. The molecular weight excluding hydrogens is 200 g/mol. The Morgan fingerprint density at radius 3 is 2.27 bits per heavy atom. The zero-order chi connectivity index (χ0) is 12.0. The molecule has 6 heteroatoms. The van der Waals surface area contributed by atoms with E-state index in [-0.39, 0.29) is 5.92 Å². The van der Waals surface area contributed by atoms with Gasteiger partial charge in [0.05, 0.1) is 6.10 Å². The van der Waals surface area contributed by atoms with E-state index in [4.69, 9.17) is 15.9 Å². The second-order valence-corrected chi connectivity index (χ2v) is 3.54. The van der Waals surface area contributed by atoms with Gasteiger partial charge in [0, 0.05) is 5.92 Å². The summed E-state index contributed by atoms with van der Waals surface area (Å²) in [5.74, 6) is -2.01. The first-order valence-electron chi connectivity index (χ1n) is 4.81. The second-order valence-electron chi connectivity index (χ2n) is 3.54. The summed E-state index contributed by atoms with van der Waals surface area (Å²) < 4.78 is 0. The number of nitrogens with two attached hydrogens (primary N) is 1. The SMILES string of the molecule is CC(CCN)C(=O)N[C@H](C(=O)O)[C@@H](C)O. The third-order valence-electron chi connectivity index (χ3n) is 2.09. The number of hydrogen-bond donors (Lipinski definition) is 4. The lowest BCUT2D eigenvalue weighted by Gasteiger charge is -2.19. The monoisotopic (exact) mass is 218 g/mol. The van der Waals surface area contributed by atoms with E-state index in [1.807, 2.05) is 0 Å². The van der Waals surface area contributed by atoms with E-state index in [2.05, 4.69) is 5.32 Å². The van der Waals surface area contributed by atoms with E-state index in [0.717, 1.165) is 0 Å². The summed E-state index contributed by atoms with van der Waals surface area (Å²) in [4.78, 5) is 22.1. The second kappa shape index (κ2) is 6.36.